The maximum Gasteiger partial charge on any atom is 0.336 e. The summed E-state index contributed by atoms with van der Waals surface area (Å²) in [5, 5.41) is 12.4. The first-order valence-corrected chi connectivity index (χ1v) is 9.09. The second-order valence-corrected chi connectivity index (χ2v) is 6.39. The summed E-state index contributed by atoms with van der Waals surface area (Å²) in [5.74, 6) is 0.259. The Morgan fingerprint density at radius 2 is 2.12 bits per heavy atom. The summed E-state index contributed by atoms with van der Waals surface area (Å²) in [6.45, 7) is 6.01. The molecule has 0 saturated heterocycles. The van der Waals surface area contributed by atoms with E-state index in [4.69, 9.17) is 14.3 Å². The fourth-order valence-corrected chi connectivity index (χ4v) is 2.79. The van der Waals surface area contributed by atoms with Crippen LogP contribution < -0.4 is 15.7 Å². The van der Waals surface area contributed by atoms with Gasteiger partial charge in [0, 0.05) is 30.2 Å². The molecule has 1 heterocycles. The largest absolute Gasteiger partial charge is 0.480 e. The van der Waals surface area contributed by atoms with Crippen molar-refractivity contribution < 1.29 is 19.1 Å². The summed E-state index contributed by atoms with van der Waals surface area (Å²) in [4.78, 5) is 23.9. The number of unbranched alkanes of at least 4 members (excludes halogenated alkanes) is 1. The number of aliphatic hydroxyl groups is 1. The summed E-state index contributed by atoms with van der Waals surface area (Å²) < 4.78 is 11.2. The SMILES string of the molecule is CCCCc1cc(=O)oc2c(C)c(OC(C)C(=O)NCCCO)ccc12. The zero-order valence-electron chi connectivity index (χ0n) is 15.6. The van der Waals surface area contributed by atoms with Crippen LogP contribution in [0.25, 0.3) is 11.0 Å². The van der Waals surface area contributed by atoms with Crippen LogP contribution in [0.15, 0.2) is 27.4 Å². The van der Waals surface area contributed by atoms with Crippen LogP contribution in [0.2, 0.25) is 0 Å². The molecule has 1 atom stereocenters. The van der Waals surface area contributed by atoms with Gasteiger partial charge in [0.2, 0.25) is 0 Å². The smallest absolute Gasteiger partial charge is 0.336 e. The van der Waals surface area contributed by atoms with E-state index in [0.717, 1.165) is 30.2 Å². The van der Waals surface area contributed by atoms with Crippen molar-refractivity contribution in [2.24, 2.45) is 0 Å². The van der Waals surface area contributed by atoms with Gasteiger partial charge in [-0.3, -0.25) is 4.79 Å². The number of hydrogen-bond acceptors (Lipinski definition) is 5. The Bertz CT molecular complexity index is 812. The van der Waals surface area contributed by atoms with Crippen LogP contribution in [0.5, 0.6) is 5.75 Å². The third kappa shape index (κ3) is 4.85. The molecule has 2 N–H and O–H groups in total. The van der Waals surface area contributed by atoms with E-state index in [-0.39, 0.29) is 18.1 Å². The summed E-state index contributed by atoms with van der Waals surface area (Å²) >= 11 is 0. The van der Waals surface area contributed by atoms with E-state index in [1.54, 1.807) is 13.0 Å². The lowest BCUT2D eigenvalue weighted by atomic mass is 10.0. The molecule has 1 aromatic carbocycles. The standard InChI is InChI=1S/C20H27NO5/c1-4-5-7-15-12-18(23)26-19-13(2)17(9-8-16(15)19)25-14(3)20(24)21-10-6-11-22/h8-9,12,14,22H,4-7,10-11H2,1-3H3,(H,21,24). The molecule has 1 aromatic heterocycles. The van der Waals surface area contributed by atoms with Gasteiger partial charge >= 0.3 is 5.63 Å². The summed E-state index contributed by atoms with van der Waals surface area (Å²) in [6.07, 6.45) is 2.67. The average Bonchev–Trinajstić information content (AvgIpc) is 2.62. The molecule has 142 valence electrons. The van der Waals surface area contributed by atoms with Crippen LogP contribution in [-0.4, -0.2) is 30.3 Å². The first-order chi connectivity index (χ1) is 12.5. The monoisotopic (exact) mass is 361 g/mol. The van der Waals surface area contributed by atoms with Crippen molar-refractivity contribution in [1.82, 2.24) is 5.32 Å². The van der Waals surface area contributed by atoms with Crippen molar-refractivity contribution in [3.63, 3.8) is 0 Å². The number of fused-ring (bicyclic) bond motifs is 1. The normalized spacial score (nSPS) is 12.2. The lowest BCUT2D eigenvalue weighted by Gasteiger charge is -2.17. The van der Waals surface area contributed by atoms with Gasteiger partial charge in [0.25, 0.3) is 5.91 Å². The topological polar surface area (TPSA) is 88.8 Å². The predicted octanol–water partition coefficient (Wildman–Crippen LogP) is 2.71. The highest BCUT2D eigenvalue weighted by molar-refractivity contribution is 5.85. The number of carbonyl (C=O) groups excluding carboxylic acids is 1. The molecule has 0 spiro atoms. The molecule has 0 radical (unpaired) electrons. The van der Waals surface area contributed by atoms with Gasteiger partial charge in [-0.25, -0.2) is 4.79 Å². The lowest BCUT2D eigenvalue weighted by Crippen LogP contribution is -2.37. The van der Waals surface area contributed by atoms with Crippen molar-refractivity contribution in [3.05, 3.63) is 39.7 Å². The first-order valence-electron chi connectivity index (χ1n) is 9.09. The Hall–Kier alpha value is -2.34. The van der Waals surface area contributed by atoms with E-state index in [9.17, 15) is 9.59 Å². The predicted molar refractivity (Wildman–Crippen MR) is 101 cm³/mol. The molecular formula is C20H27NO5. The molecule has 0 saturated carbocycles. The Labute approximate surface area is 153 Å². The molecular weight excluding hydrogens is 334 g/mol. The molecule has 6 nitrogen and oxygen atoms in total. The maximum atomic E-state index is 12.0. The molecule has 2 rings (SSSR count). The van der Waals surface area contributed by atoms with Crippen LogP contribution in [0.1, 0.15) is 44.2 Å². The number of rotatable bonds is 9. The number of benzene rings is 1. The molecule has 1 amide bonds. The third-order valence-corrected chi connectivity index (χ3v) is 4.30. The summed E-state index contributed by atoms with van der Waals surface area (Å²) in [6, 6.07) is 5.24. The number of hydrogen-bond donors (Lipinski definition) is 2. The van der Waals surface area contributed by atoms with Crippen molar-refractivity contribution in [2.45, 2.75) is 52.6 Å². The van der Waals surface area contributed by atoms with Crippen molar-refractivity contribution in [1.29, 1.82) is 0 Å². The van der Waals surface area contributed by atoms with Crippen LogP contribution in [0.3, 0.4) is 0 Å². The van der Waals surface area contributed by atoms with Gasteiger partial charge in [0.05, 0.1) is 0 Å². The van der Waals surface area contributed by atoms with Crippen LogP contribution in [0, 0.1) is 6.92 Å². The number of nitrogens with one attached hydrogen (secondary N) is 1. The molecule has 2 aromatic rings. The Morgan fingerprint density at radius 3 is 2.81 bits per heavy atom. The number of carbonyl (C=O) groups is 1. The third-order valence-electron chi connectivity index (χ3n) is 4.30. The fraction of sp³-hybridized carbons (Fsp3) is 0.500. The zero-order chi connectivity index (χ0) is 19.1. The number of amides is 1. The number of aryl methyl sites for hydroxylation is 2. The van der Waals surface area contributed by atoms with Gasteiger partial charge in [-0.1, -0.05) is 13.3 Å². The minimum Gasteiger partial charge on any atom is -0.480 e. The number of ether oxygens (including phenoxy) is 1. The van der Waals surface area contributed by atoms with Crippen LogP contribution in [-0.2, 0) is 11.2 Å². The van der Waals surface area contributed by atoms with Crippen molar-refractivity contribution in [3.8, 4) is 5.75 Å². The van der Waals surface area contributed by atoms with Gasteiger partial charge in [-0.15, -0.1) is 0 Å². The number of aliphatic hydroxyl groups excluding tert-OH is 1. The lowest BCUT2D eigenvalue weighted by molar-refractivity contribution is -0.127. The van der Waals surface area contributed by atoms with Gasteiger partial charge in [-0.05, 0) is 50.8 Å². The van der Waals surface area contributed by atoms with E-state index < -0.39 is 6.10 Å². The quantitative estimate of drug-likeness (QED) is 0.529. The Kier molecular flexibility index (Phi) is 7.21. The van der Waals surface area contributed by atoms with Crippen LogP contribution in [0.4, 0.5) is 0 Å². The van der Waals surface area contributed by atoms with Gasteiger partial charge < -0.3 is 19.6 Å². The highest BCUT2D eigenvalue weighted by atomic mass is 16.5. The molecule has 0 bridgehead atoms. The zero-order valence-corrected chi connectivity index (χ0v) is 15.6. The minimum atomic E-state index is -0.695. The van der Waals surface area contributed by atoms with Crippen molar-refractivity contribution >= 4 is 16.9 Å². The van der Waals surface area contributed by atoms with E-state index in [2.05, 4.69) is 12.2 Å². The van der Waals surface area contributed by atoms with E-state index >= 15 is 0 Å². The molecule has 0 aliphatic carbocycles. The first kappa shape index (κ1) is 20.0. The van der Waals surface area contributed by atoms with E-state index in [1.807, 2.05) is 19.1 Å². The molecule has 1 unspecified atom stereocenters. The van der Waals surface area contributed by atoms with Gasteiger partial charge in [0.15, 0.2) is 6.10 Å². The minimum absolute atomic E-state index is 0.0265. The average molecular weight is 361 g/mol. The Morgan fingerprint density at radius 1 is 1.35 bits per heavy atom. The fourth-order valence-electron chi connectivity index (χ4n) is 2.79. The van der Waals surface area contributed by atoms with Gasteiger partial charge in [-0.2, -0.15) is 0 Å². The molecule has 6 heteroatoms. The Balaban J connectivity index is 2.25. The van der Waals surface area contributed by atoms with E-state index in [1.165, 1.54) is 0 Å². The van der Waals surface area contributed by atoms with E-state index in [0.29, 0.717) is 29.9 Å². The summed E-state index contributed by atoms with van der Waals surface area (Å²) in [7, 11) is 0. The highest BCUT2D eigenvalue weighted by Crippen LogP contribution is 2.29. The van der Waals surface area contributed by atoms with Gasteiger partial charge in [0.1, 0.15) is 11.3 Å². The second-order valence-electron chi connectivity index (χ2n) is 6.39. The summed E-state index contributed by atoms with van der Waals surface area (Å²) in [5.41, 5.74) is 1.81. The molecule has 0 fully saturated rings. The van der Waals surface area contributed by atoms with Crippen molar-refractivity contribution in [2.75, 3.05) is 13.2 Å². The molecule has 0 aliphatic heterocycles. The second kappa shape index (κ2) is 9.38. The van der Waals surface area contributed by atoms with Crippen LogP contribution >= 0.6 is 0 Å². The highest BCUT2D eigenvalue weighted by Gasteiger charge is 2.17. The molecule has 26 heavy (non-hydrogen) atoms. The molecule has 0 aliphatic rings. The maximum absolute atomic E-state index is 12.0.